The highest BCUT2D eigenvalue weighted by atomic mass is 32.2. The molecule has 3 aliphatic heterocycles. The number of hydrogen-bond donors (Lipinski definition) is 0. The molecule has 2 aromatic carbocycles. The Hall–Kier alpha value is -3.26. The summed E-state index contributed by atoms with van der Waals surface area (Å²) in [5.74, 6) is 2.42. The zero-order valence-corrected chi connectivity index (χ0v) is 20.3. The number of aliphatic imine (C=N–C) groups is 2. The fraction of sp³-hybridized carbons (Fsp3) is 0.250. The van der Waals surface area contributed by atoms with E-state index < -0.39 is 0 Å². The van der Waals surface area contributed by atoms with Gasteiger partial charge in [-0.3, -0.25) is 9.89 Å². The summed E-state index contributed by atoms with van der Waals surface area (Å²) in [4.78, 5) is 16.7. The SMILES string of the molecule is C1=C[N+]2(N(c3ccc4ccc(-c5ccccc5)nc4c3)C3CC(N4CCSC4)C3)C=NC=C2C=N1. The first-order valence-corrected chi connectivity index (χ1v) is 13.4. The van der Waals surface area contributed by atoms with Crippen molar-refractivity contribution >= 4 is 40.9 Å². The third-order valence-corrected chi connectivity index (χ3v) is 8.53. The van der Waals surface area contributed by atoms with Crippen molar-refractivity contribution in [2.24, 2.45) is 9.98 Å². The Balaban J connectivity index is 1.29. The Bertz CT molecular complexity index is 1390. The highest BCUT2D eigenvalue weighted by Gasteiger charge is 2.50. The van der Waals surface area contributed by atoms with E-state index >= 15 is 0 Å². The standard InChI is InChI=1S/C28H27N6S/c1-2-4-21(5-3-1)27-9-7-22-6-8-23(16-28(22)31-27)33(25-14-24(15-25)32-11-13-35-20-32)34-12-10-29-17-26(34)18-30-19-34/h1-10,12,16-19,24-25H,11,13-15,20H2/q+1. The van der Waals surface area contributed by atoms with Crippen LogP contribution in [0, 0.1) is 0 Å². The minimum Gasteiger partial charge on any atom is -0.290 e. The molecular formula is C28H27N6S+. The van der Waals surface area contributed by atoms with Gasteiger partial charge in [-0.15, -0.1) is 16.4 Å². The molecule has 0 spiro atoms. The Morgan fingerprint density at radius 1 is 1.00 bits per heavy atom. The number of nitrogens with zero attached hydrogens (tertiary/aromatic N) is 6. The average Bonchev–Trinajstić information content (AvgIpc) is 3.56. The van der Waals surface area contributed by atoms with Crippen LogP contribution in [0.25, 0.3) is 22.2 Å². The molecule has 35 heavy (non-hydrogen) atoms. The number of hydrogen-bond acceptors (Lipinski definition) is 6. The predicted molar refractivity (Wildman–Crippen MR) is 145 cm³/mol. The lowest BCUT2D eigenvalue weighted by Gasteiger charge is -2.51. The summed E-state index contributed by atoms with van der Waals surface area (Å²) in [5.41, 5.74) is 5.37. The third-order valence-electron chi connectivity index (χ3n) is 7.55. The lowest BCUT2D eigenvalue weighted by atomic mass is 9.84. The summed E-state index contributed by atoms with van der Waals surface area (Å²) in [6.45, 7) is 1.21. The van der Waals surface area contributed by atoms with E-state index in [1.54, 1.807) is 0 Å². The van der Waals surface area contributed by atoms with Crippen molar-refractivity contribution in [3.63, 3.8) is 0 Å². The maximum Gasteiger partial charge on any atom is 0.225 e. The van der Waals surface area contributed by atoms with Gasteiger partial charge in [0.2, 0.25) is 12.0 Å². The molecule has 1 unspecified atom stereocenters. The van der Waals surface area contributed by atoms with E-state index in [9.17, 15) is 0 Å². The van der Waals surface area contributed by atoms with Crippen LogP contribution in [0.4, 0.5) is 5.69 Å². The van der Waals surface area contributed by atoms with Crippen molar-refractivity contribution in [2.75, 3.05) is 23.2 Å². The molecule has 0 N–H and O–H groups in total. The molecule has 174 valence electrons. The van der Waals surface area contributed by atoms with Gasteiger partial charge < -0.3 is 0 Å². The van der Waals surface area contributed by atoms with Crippen LogP contribution in [-0.2, 0) is 0 Å². The molecule has 1 saturated heterocycles. The number of thioether (sulfide) groups is 1. The molecule has 3 aromatic rings. The van der Waals surface area contributed by atoms with Gasteiger partial charge in [-0.25, -0.2) is 15.0 Å². The van der Waals surface area contributed by atoms with E-state index in [4.69, 9.17) is 4.98 Å². The van der Waals surface area contributed by atoms with Crippen molar-refractivity contribution in [1.29, 1.82) is 0 Å². The molecule has 1 aliphatic carbocycles. The average molecular weight is 480 g/mol. The summed E-state index contributed by atoms with van der Waals surface area (Å²) in [7, 11) is 0. The van der Waals surface area contributed by atoms with E-state index in [1.807, 2.05) is 31.0 Å². The summed E-state index contributed by atoms with van der Waals surface area (Å²) >= 11 is 2.05. The predicted octanol–water partition coefficient (Wildman–Crippen LogP) is 5.42. The van der Waals surface area contributed by atoms with Gasteiger partial charge in [0.1, 0.15) is 0 Å². The van der Waals surface area contributed by atoms with Crippen molar-refractivity contribution < 1.29 is 4.59 Å². The van der Waals surface area contributed by atoms with E-state index in [0.29, 0.717) is 16.7 Å². The van der Waals surface area contributed by atoms with Crippen LogP contribution >= 0.6 is 11.8 Å². The Kier molecular flexibility index (Phi) is 5.08. The summed E-state index contributed by atoms with van der Waals surface area (Å²) in [6.07, 6.45) is 12.2. The van der Waals surface area contributed by atoms with Crippen LogP contribution < -0.4 is 5.01 Å². The van der Waals surface area contributed by atoms with Crippen LogP contribution in [-0.4, -0.2) is 57.3 Å². The van der Waals surface area contributed by atoms with Gasteiger partial charge in [0.25, 0.3) is 0 Å². The first kappa shape index (κ1) is 21.1. The minimum atomic E-state index is 0.407. The number of allylic oxidation sites excluding steroid dienone is 1. The quantitative estimate of drug-likeness (QED) is 0.459. The smallest absolute Gasteiger partial charge is 0.225 e. The van der Waals surface area contributed by atoms with E-state index in [1.165, 1.54) is 18.2 Å². The van der Waals surface area contributed by atoms with E-state index in [0.717, 1.165) is 46.4 Å². The summed E-state index contributed by atoms with van der Waals surface area (Å²) in [5, 5.41) is 3.66. The summed E-state index contributed by atoms with van der Waals surface area (Å²) in [6, 6.07) is 22.4. The van der Waals surface area contributed by atoms with E-state index in [2.05, 4.69) is 92.5 Å². The number of quaternary nitrogens is 1. The molecule has 2 fully saturated rings. The van der Waals surface area contributed by atoms with E-state index in [-0.39, 0.29) is 0 Å². The van der Waals surface area contributed by atoms with Crippen molar-refractivity contribution in [3.8, 4) is 11.3 Å². The Labute approximate surface area is 209 Å². The second kappa shape index (κ2) is 8.45. The van der Waals surface area contributed by atoms with Gasteiger partial charge in [0.05, 0.1) is 41.6 Å². The lowest BCUT2D eigenvalue weighted by Crippen LogP contribution is -2.64. The zero-order chi connectivity index (χ0) is 23.2. The molecule has 1 aromatic heterocycles. The van der Waals surface area contributed by atoms with Crippen molar-refractivity contribution in [3.05, 3.63) is 85.0 Å². The molecule has 0 amide bonds. The number of anilines is 1. The number of benzene rings is 2. The zero-order valence-electron chi connectivity index (χ0n) is 19.4. The molecule has 1 saturated carbocycles. The monoisotopic (exact) mass is 479 g/mol. The van der Waals surface area contributed by atoms with Crippen LogP contribution in [0.5, 0.6) is 0 Å². The van der Waals surface area contributed by atoms with Gasteiger partial charge in [0.15, 0.2) is 6.20 Å². The molecule has 4 aliphatic rings. The highest BCUT2D eigenvalue weighted by molar-refractivity contribution is 7.99. The Morgan fingerprint density at radius 2 is 1.89 bits per heavy atom. The molecule has 7 rings (SSSR count). The topological polar surface area (TPSA) is 44.1 Å². The van der Waals surface area contributed by atoms with Crippen LogP contribution in [0.2, 0.25) is 0 Å². The molecule has 0 radical (unpaired) electrons. The van der Waals surface area contributed by atoms with Crippen LogP contribution in [0.1, 0.15) is 12.8 Å². The van der Waals surface area contributed by atoms with Crippen molar-refractivity contribution in [2.45, 2.75) is 24.9 Å². The lowest BCUT2D eigenvalue weighted by molar-refractivity contribution is -0.746. The molecule has 0 bridgehead atoms. The largest absolute Gasteiger partial charge is 0.290 e. The molecule has 1 atom stereocenters. The van der Waals surface area contributed by atoms with Crippen molar-refractivity contribution in [1.82, 2.24) is 9.88 Å². The first-order valence-electron chi connectivity index (χ1n) is 12.2. The maximum absolute atomic E-state index is 5.06. The maximum atomic E-state index is 5.06. The van der Waals surface area contributed by atoms with Gasteiger partial charge >= 0.3 is 0 Å². The second-order valence-electron chi connectivity index (χ2n) is 9.55. The van der Waals surface area contributed by atoms with Gasteiger partial charge in [-0.05, 0) is 31.0 Å². The molecular weight excluding hydrogens is 452 g/mol. The number of rotatable bonds is 5. The van der Waals surface area contributed by atoms with Gasteiger partial charge in [0, 0.05) is 35.2 Å². The minimum absolute atomic E-state index is 0.407. The molecule has 6 nitrogen and oxygen atoms in total. The third kappa shape index (κ3) is 3.54. The molecule has 7 heteroatoms. The number of pyridine rings is 1. The van der Waals surface area contributed by atoms with Crippen LogP contribution in [0.15, 0.2) is 94.9 Å². The highest BCUT2D eigenvalue weighted by Crippen LogP contribution is 2.42. The van der Waals surface area contributed by atoms with Crippen LogP contribution in [0.3, 0.4) is 0 Å². The number of fused-ring (bicyclic) bond motifs is 2. The fourth-order valence-electron chi connectivity index (χ4n) is 5.60. The normalized spacial score (nSPS) is 27.1. The summed E-state index contributed by atoms with van der Waals surface area (Å²) < 4.78 is 0.458. The first-order chi connectivity index (χ1) is 17.3. The van der Waals surface area contributed by atoms with Gasteiger partial charge in [-0.2, -0.15) is 0 Å². The second-order valence-corrected chi connectivity index (χ2v) is 10.6. The number of aromatic nitrogens is 1. The van der Waals surface area contributed by atoms with Gasteiger partial charge in [-0.1, -0.05) is 42.5 Å². The Morgan fingerprint density at radius 3 is 2.74 bits per heavy atom. The fourth-order valence-corrected chi connectivity index (χ4v) is 6.66. The molecule has 4 heterocycles.